The molecule has 0 aliphatic heterocycles. The van der Waals surface area contributed by atoms with E-state index in [0.717, 1.165) is 0 Å². The van der Waals surface area contributed by atoms with Gasteiger partial charge in [-0.2, -0.15) is 0 Å². The standard InChI is InChI=1S/CH4.3Mg.2HO8P3/c;;;;2*1-9(2)7-11(5,6)8-10(3)4/h1H4;;;;2*(H,5,6)/q;3*+2;;/p-2. The Labute approximate surface area is 197 Å². The molecule has 0 bridgehead atoms. The molecule has 0 radical (unpaired) electrons. The normalized spacial score (nSPS) is 15.9. The molecule has 0 fully saturated rings. The molecule has 4 atom stereocenters. The summed E-state index contributed by atoms with van der Waals surface area (Å²) < 4.78 is 70.8. The fourth-order valence-corrected chi connectivity index (χ4v) is 3.74. The minimum atomic E-state index is -5.25. The van der Waals surface area contributed by atoms with Gasteiger partial charge in [0.05, 0.1) is 0 Å². The maximum Gasteiger partial charge on any atom is 2.00 e. The van der Waals surface area contributed by atoms with Gasteiger partial charge in [0.2, 0.25) is 0 Å². The zero-order valence-corrected chi connectivity index (χ0v) is 20.9. The number of hydrogen-bond acceptors (Lipinski definition) is 16. The average molecular weight is 531 g/mol. The molecule has 26 heavy (non-hydrogen) atoms. The van der Waals surface area contributed by atoms with Gasteiger partial charge in [0.15, 0.2) is 0 Å². The molecule has 0 saturated carbocycles. The fraction of sp³-hybridized carbons (Fsp3) is 1.00. The Hall–Kier alpha value is 2.76. The van der Waals surface area contributed by atoms with Crippen LogP contribution < -0.4 is 29.4 Å². The summed E-state index contributed by atoms with van der Waals surface area (Å²) in [5.74, 6) is 0. The quantitative estimate of drug-likeness (QED) is 0.217. The molecule has 0 aromatic heterocycles. The van der Waals surface area contributed by atoms with Crippen molar-refractivity contribution in [2.24, 2.45) is 0 Å². The Balaban J connectivity index is -0.0000000667. The Morgan fingerprint density at radius 1 is 0.538 bits per heavy atom. The van der Waals surface area contributed by atoms with Crippen molar-refractivity contribution in [1.29, 1.82) is 0 Å². The summed E-state index contributed by atoms with van der Waals surface area (Å²) in [4.78, 5) is 58.4. The van der Waals surface area contributed by atoms with Gasteiger partial charge in [0, 0.05) is 0 Å². The Bertz CT molecular complexity index is 458. The fourth-order valence-electron chi connectivity index (χ4n) is 0.356. The van der Waals surface area contributed by atoms with E-state index < -0.39 is 48.7 Å². The van der Waals surface area contributed by atoms with Crippen molar-refractivity contribution in [1.82, 2.24) is 0 Å². The van der Waals surface area contributed by atoms with E-state index >= 15 is 0 Å². The second kappa shape index (κ2) is 21.0. The summed E-state index contributed by atoms with van der Waals surface area (Å²) >= 11 is 0. The van der Waals surface area contributed by atoms with Crippen LogP contribution >= 0.6 is 48.7 Å². The van der Waals surface area contributed by atoms with Gasteiger partial charge in [-0.3, -0.25) is 9.13 Å². The van der Waals surface area contributed by atoms with Gasteiger partial charge in [-0.25, -0.2) is 0 Å². The van der Waals surface area contributed by atoms with Crippen LogP contribution in [0.4, 0.5) is 0 Å². The van der Waals surface area contributed by atoms with Crippen molar-refractivity contribution in [2.45, 2.75) is 7.43 Å². The molecule has 0 rings (SSSR count). The van der Waals surface area contributed by atoms with E-state index in [2.05, 4.69) is 17.2 Å². The molecule has 0 aromatic carbocycles. The molecule has 0 aliphatic carbocycles. The van der Waals surface area contributed by atoms with Crippen molar-refractivity contribution >= 4 is 118 Å². The molecule has 0 spiro atoms. The molecule has 0 N–H and O–H groups in total. The van der Waals surface area contributed by atoms with Gasteiger partial charge in [-0.15, -0.1) is 0 Å². The minimum absolute atomic E-state index is 0. The summed E-state index contributed by atoms with van der Waals surface area (Å²) in [6.07, 6.45) is 0. The molecule has 0 aliphatic rings. The average Bonchev–Trinajstić information content (AvgIpc) is 2.06. The first kappa shape index (κ1) is 42.8. The molecule has 25 heteroatoms. The van der Waals surface area contributed by atoms with E-state index in [1.165, 1.54) is 0 Å². The van der Waals surface area contributed by atoms with Crippen LogP contribution in [0.15, 0.2) is 0 Å². The first-order valence-electron chi connectivity index (χ1n) is 3.65. The molecular formula is CH4Mg3O16P6+4. The van der Waals surface area contributed by atoms with Crippen molar-refractivity contribution in [3.05, 3.63) is 0 Å². The van der Waals surface area contributed by atoms with Crippen molar-refractivity contribution in [2.75, 3.05) is 0 Å². The third kappa shape index (κ3) is 34.3. The van der Waals surface area contributed by atoms with Gasteiger partial charge in [-0.1, -0.05) is 24.7 Å². The van der Waals surface area contributed by atoms with Crippen molar-refractivity contribution < 1.29 is 74.0 Å². The van der Waals surface area contributed by atoms with Gasteiger partial charge in [0.1, 0.15) is 0 Å². The molecule has 0 saturated heterocycles. The second-order valence-electron chi connectivity index (χ2n) is 2.12. The van der Waals surface area contributed by atoms with Crippen LogP contribution in [0.2, 0.25) is 0 Å². The van der Waals surface area contributed by atoms with E-state index in [1.807, 2.05) is 0 Å². The molecule has 4 unspecified atom stereocenters. The van der Waals surface area contributed by atoms with E-state index in [-0.39, 0.29) is 76.6 Å². The molecule has 16 nitrogen and oxygen atoms in total. The van der Waals surface area contributed by atoms with Gasteiger partial charge < -0.3 is 29.4 Å². The zero-order valence-electron chi connectivity index (χ0n) is 11.3. The summed E-state index contributed by atoms with van der Waals surface area (Å²) in [6.45, 7) is 0. The Kier molecular flexibility index (Phi) is 34.6. The number of hydrogen-bond donors (Lipinski definition) is 0. The zero-order chi connectivity index (χ0) is 18.1. The molecular weight excluding hydrogens is 527 g/mol. The van der Waals surface area contributed by atoms with Crippen LogP contribution in [0.5, 0.6) is 0 Å². The predicted octanol–water partition coefficient (Wildman–Crippen LogP) is -3.46. The van der Waals surface area contributed by atoms with Crippen molar-refractivity contribution in [3.8, 4) is 0 Å². The Morgan fingerprint density at radius 2 is 0.654 bits per heavy atom. The summed E-state index contributed by atoms with van der Waals surface area (Å²) in [6, 6.07) is 0. The maximum absolute atomic E-state index is 10.1. The van der Waals surface area contributed by atoms with Gasteiger partial charge in [-0.05, 0) is 18.3 Å². The van der Waals surface area contributed by atoms with Crippen LogP contribution in [-0.2, 0) is 44.6 Å². The monoisotopic (exact) mass is 530 g/mol. The first-order valence-corrected chi connectivity index (χ1v) is 11.0. The SMILES string of the molecule is C.O=[P+]([O-])OP(=O)([O-])O[P+](=O)[O-].O=[P+]([O-])OP(=O)([O-])O[P+](=O)[O-].[Mg+2].[Mg+2].[Mg+2]. The molecule has 0 aromatic rings. The predicted molar refractivity (Wildman–Crippen MR) is 74.0 cm³/mol. The van der Waals surface area contributed by atoms with Gasteiger partial charge >= 0.3 is 118 Å². The summed E-state index contributed by atoms with van der Waals surface area (Å²) in [5, 5.41) is 0. The third-order valence-corrected chi connectivity index (χ3v) is 6.00. The third-order valence-electron chi connectivity index (χ3n) is 0.667. The topological polar surface area (TPSA) is 278 Å². The first-order chi connectivity index (χ1) is 9.67. The molecule has 0 heterocycles. The van der Waals surface area contributed by atoms with E-state index in [4.69, 9.17) is 0 Å². The number of rotatable bonds is 8. The summed E-state index contributed by atoms with van der Waals surface area (Å²) in [5.41, 5.74) is 0. The number of phosphoric acid groups is 2. The van der Waals surface area contributed by atoms with Crippen LogP contribution in [0, 0.1) is 0 Å². The van der Waals surface area contributed by atoms with Crippen LogP contribution in [-0.4, -0.2) is 69.2 Å². The largest absolute Gasteiger partial charge is 2.00 e. The second-order valence-corrected chi connectivity index (χ2v) is 8.31. The summed E-state index contributed by atoms with van der Waals surface area (Å²) in [7, 11) is -25.2. The van der Waals surface area contributed by atoms with Crippen LogP contribution in [0.25, 0.3) is 0 Å². The smallest absolute Gasteiger partial charge is 0.750 e. The minimum Gasteiger partial charge on any atom is -0.750 e. The van der Waals surface area contributed by atoms with Gasteiger partial charge in [0.25, 0.3) is 0 Å². The van der Waals surface area contributed by atoms with E-state index in [1.54, 1.807) is 0 Å². The van der Waals surface area contributed by atoms with E-state index in [9.17, 15) is 56.8 Å². The molecule has 0 amide bonds. The Morgan fingerprint density at radius 3 is 0.731 bits per heavy atom. The molecule has 136 valence electrons. The van der Waals surface area contributed by atoms with Crippen molar-refractivity contribution in [3.63, 3.8) is 0 Å². The van der Waals surface area contributed by atoms with Crippen LogP contribution in [0.1, 0.15) is 7.43 Å². The van der Waals surface area contributed by atoms with E-state index in [0.29, 0.717) is 0 Å². The maximum atomic E-state index is 10.1. The van der Waals surface area contributed by atoms with Crippen LogP contribution in [0.3, 0.4) is 0 Å².